The Labute approximate surface area is 198 Å². The molecule has 174 valence electrons. The van der Waals surface area contributed by atoms with Crippen LogP contribution >= 0.6 is 0 Å². The van der Waals surface area contributed by atoms with Crippen LogP contribution in [0.5, 0.6) is 11.5 Å². The lowest BCUT2D eigenvalue weighted by atomic mass is 9.85. The summed E-state index contributed by atoms with van der Waals surface area (Å²) in [6.07, 6.45) is 1.47. The molecule has 2 aromatic heterocycles. The Morgan fingerprint density at radius 3 is 2.43 bits per heavy atom. The molecule has 1 N–H and O–H groups in total. The molecule has 0 bridgehead atoms. The minimum atomic E-state index is -0.419. The minimum absolute atomic E-state index is 0.0713. The van der Waals surface area contributed by atoms with Gasteiger partial charge in [0.2, 0.25) is 5.43 Å². The predicted molar refractivity (Wildman–Crippen MR) is 130 cm³/mol. The highest BCUT2D eigenvalue weighted by atomic mass is 16.5. The van der Waals surface area contributed by atoms with Crippen molar-refractivity contribution in [1.82, 2.24) is 9.13 Å². The molecule has 1 atom stereocenters. The number of ether oxygens (including phenoxy) is 1. The molecule has 0 fully saturated rings. The summed E-state index contributed by atoms with van der Waals surface area (Å²) < 4.78 is 14.7. The first-order chi connectivity index (χ1) is 16.8. The standard InChI is InChI=1S/C27H20N2O6/c1-28-20-9-5-15(11-21(20)29(2)27(28)33)18-12-23(31)35-22-10-8-17-25(32)19(13-34-26(17)24(18)22)14-3-6-16(30)7-4-14/h3-11,13,18,30H,12H2,1-2H3/t18-/m0/s1. The fourth-order valence-electron chi connectivity index (χ4n) is 4.92. The number of imidazole rings is 1. The number of carbonyl (C=O) groups excluding carboxylic acids is 1. The van der Waals surface area contributed by atoms with Gasteiger partial charge in [-0.1, -0.05) is 18.2 Å². The Balaban J connectivity index is 1.57. The van der Waals surface area contributed by atoms with E-state index < -0.39 is 5.92 Å². The third kappa shape index (κ3) is 3.10. The average Bonchev–Trinajstić information content (AvgIpc) is 3.07. The summed E-state index contributed by atoms with van der Waals surface area (Å²) in [5.41, 5.74) is 3.93. The molecule has 0 spiro atoms. The number of nitrogens with zero attached hydrogens (tertiary/aromatic N) is 2. The van der Waals surface area contributed by atoms with Crippen LogP contribution in [0, 0.1) is 0 Å². The van der Waals surface area contributed by atoms with Gasteiger partial charge in [0, 0.05) is 25.6 Å². The number of hydrogen-bond donors (Lipinski definition) is 1. The van der Waals surface area contributed by atoms with E-state index >= 15 is 0 Å². The molecular weight excluding hydrogens is 448 g/mol. The second-order valence-corrected chi connectivity index (χ2v) is 8.76. The average molecular weight is 468 g/mol. The molecule has 1 aliphatic heterocycles. The summed E-state index contributed by atoms with van der Waals surface area (Å²) in [5, 5.41) is 9.94. The predicted octanol–water partition coefficient (Wildman–Crippen LogP) is 3.80. The van der Waals surface area contributed by atoms with Crippen LogP contribution in [0.15, 0.2) is 74.9 Å². The summed E-state index contributed by atoms with van der Waals surface area (Å²) in [7, 11) is 3.42. The van der Waals surface area contributed by atoms with Gasteiger partial charge in [0.15, 0.2) is 0 Å². The van der Waals surface area contributed by atoms with E-state index in [1.54, 1.807) is 47.5 Å². The SMILES string of the molecule is Cn1c(=O)n(C)c2cc([C@@H]3CC(=O)Oc4ccc5c(=O)c(-c6ccc(O)cc6)coc5c43)ccc21. The highest BCUT2D eigenvalue weighted by Crippen LogP contribution is 2.43. The second-order valence-electron chi connectivity index (χ2n) is 8.76. The van der Waals surface area contributed by atoms with Crippen LogP contribution in [-0.2, 0) is 18.9 Å². The number of carbonyl (C=O) groups is 1. The molecule has 1 aliphatic rings. The van der Waals surface area contributed by atoms with Crippen molar-refractivity contribution in [3.8, 4) is 22.6 Å². The van der Waals surface area contributed by atoms with E-state index in [1.807, 2.05) is 18.2 Å². The lowest BCUT2D eigenvalue weighted by molar-refractivity contribution is -0.135. The molecular formula is C27H20N2O6. The van der Waals surface area contributed by atoms with Crippen LogP contribution in [0.3, 0.4) is 0 Å². The van der Waals surface area contributed by atoms with Gasteiger partial charge in [-0.05, 0) is 47.5 Å². The first-order valence-electron chi connectivity index (χ1n) is 11.1. The minimum Gasteiger partial charge on any atom is -0.508 e. The van der Waals surface area contributed by atoms with Gasteiger partial charge in [-0.2, -0.15) is 0 Å². The number of phenolic OH excluding ortho intramolecular Hbond substituents is 1. The maximum absolute atomic E-state index is 13.4. The van der Waals surface area contributed by atoms with Crippen molar-refractivity contribution in [3.05, 3.63) is 92.7 Å². The van der Waals surface area contributed by atoms with Crippen molar-refractivity contribution in [2.75, 3.05) is 0 Å². The number of fused-ring (bicyclic) bond motifs is 4. The lowest BCUT2D eigenvalue weighted by Gasteiger charge is -2.25. The van der Waals surface area contributed by atoms with E-state index in [0.717, 1.165) is 16.6 Å². The summed E-state index contributed by atoms with van der Waals surface area (Å²) >= 11 is 0. The Hall–Kier alpha value is -4.59. The first kappa shape index (κ1) is 21.0. The second kappa shape index (κ2) is 7.46. The van der Waals surface area contributed by atoms with Crippen molar-refractivity contribution in [1.29, 1.82) is 0 Å². The van der Waals surface area contributed by atoms with Crippen LogP contribution in [-0.4, -0.2) is 20.2 Å². The molecule has 3 aromatic carbocycles. The molecule has 35 heavy (non-hydrogen) atoms. The number of hydrogen-bond acceptors (Lipinski definition) is 6. The number of aromatic nitrogens is 2. The molecule has 0 aliphatic carbocycles. The third-order valence-electron chi connectivity index (χ3n) is 6.76. The van der Waals surface area contributed by atoms with Crippen molar-refractivity contribution in [3.63, 3.8) is 0 Å². The van der Waals surface area contributed by atoms with Gasteiger partial charge in [0.25, 0.3) is 0 Å². The lowest BCUT2D eigenvalue weighted by Crippen LogP contribution is -2.22. The summed E-state index contributed by atoms with van der Waals surface area (Å²) in [4.78, 5) is 38.3. The Bertz CT molecular complexity index is 1790. The van der Waals surface area contributed by atoms with Crippen molar-refractivity contribution >= 4 is 28.0 Å². The van der Waals surface area contributed by atoms with E-state index in [9.17, 15) is 19.5 Å². The number of phenols is 1. The van der Waals surface area contributed by atoms with E-state index in [1.165, 1.54) is 18.4 Å². The van der Waals surface area contributed by atoms with Gasteiger partial charge in [-0.15, -0.1) is 0 Å². The van der Waals surface area contributed by atoms with Crippen LogP contribution in [0.2, 0.25) is 0 Å². The number of esters is 1. The van der Waals surface area contributed by atoms with Crippen LogP contribution in [0.1, 0.15) is 23.5 Å². The van der Waals surface area contributed by atoms with Crippen molar-refractivity contribution < 1.29 is 19.1 Å². The van der Waals surface area contributed by atoms with Gasteiger partial charge < -0.3 is 14.3 Å². The van der Waals surface area contributed by atoms with E-state index in [2.05, 4.69) is 0 Å². The highest BCUT2D eigenvalue weighted by molar-refractivity contribution is 5.90. The normalized spacial score (nSPS) is 15.4. The maximum atomic E-state index is 13.4. The fraction of sp³-hybridized carbons (Fsp3) is 0.148. The van der Waals surface area contributed by atoms with E-state index in [-0.39, 0.29) is 29.3 Å². The van der Waals surface area contributed by atoms with Crippen molar-refractivity contribution in [2.45, 2.75) is 12.3 Å². The number of rotatable bonds is 2. The smallest absolute Gasteiger partial charge is 0.328 e. The van der Waals surface area contributed by atoms with E-state index in [0.29, 0.717) is 33.4 Å². The Morgan fingerprint density at radius 2 is 1.66 bits per heavy atom. The van der Waals surface area contributed by atoms with Crippen LogP contribution in [0.4, 0.5) is 0 Å². The van der Waals surface area contributed by atoms with Crippen LogP contribution < -0.4 is 15.9 Å². The van der Waals surface area contributed by atoms with Gasteiger partial charge in [0.05, 0.1) is 28.4 Å². The number of aryl methyl sites for hydroxylation is 2. The quantitative estimate of drug-likeness (QED) is 0.312. The highest BCUT2D eigenvalue weighted by Gasteiger charge is 2.32. The largest absolute Gasteiger partial charge is 0.508 e. The first-order valence-corrected chi connectivity index (χ1v) is 11.1. The number of aromatic hydroxyl groups is 1. The zero-order valence-electron chi connectivity index (χ0n) is 18.9. The maximum Gasteiger partial charge on any atom is 0.328 e. The summed E-state index contributed by atoms with van der Waals surface area (Å²) in [6.45, 7) is 0. The summed E-state index contributed by atoms with van der Waals surface area (Å²) in [5.74, 6) is -0.351. The zero-order chi connectivity index (χ0) is 24.4. The van der Waals surface area contributed by atoms with Crippen molar-refractivity contribution in [2.24, 2.45) is 14.1 Å². The number of benzene rings is 3. The van der Waals surface area contributed by atoms with Gasteiger partial charge in [-0.3, -0.25) is 18.7 Å². The molecule has 5 aromatic rings. The Morgan fingerprint density at radius 1 is 0.914 bits per heavy atom. The third-order valence-corrected chi connectivity index (χ3v) is 6.76. The van der Waals surface area contributed by atoms with Gasteiger partial charge in [0.1, 0.15) is 23.3 Å². The van der Waals surface area contributed by atoms with Crippen LogP contribution in [0.25, 0.3) is 33.1 Å². The molecule has 8 nitrogen and oxygen atoms in total. The molecule has 0 unspecified atom stereocenters. The van der Waals surface area contributed by atoms with Gasteiger partial charge >= 0.3 is 11.7 Å². The molecule has 6 rings (SSSR count). The van der Waals surface area contributed by atoms with Gasteiger partial charge in [-0.25, -0.2) is 4.79 Å². The molecule has 0 saturated heterocycles. The molecule has 3 heterocycles. The van der Waals surface area contributed by atoms with E-state index in [4.69, 9.17) is 9.15 Å². The summed E-state index contributed by atoms with van der Waals surface area (Å²) in [6, 6.07) is 15.2. The molecule has 8 heteroatoms. The Kier molecular flexibility index (Phi) is 4.47. The molecule has 0 amide bonds. The fourth-order valence-corrected chi connectivity index (χ4v) is 4.92. The molecule has 0 saturated carbocycles. The zero-order valence-corrected chi connectivity index (χ0v) is 18.9. The monoisotopic (exact) mass is 468 g/mol. The topological polar surface area (TPSA) is 104 Å². The molecule has 0 radical (unpaired) electrons.